The topological polar surface area (TPSA) is 52.6 Å². The molecule has 0 amide bonds. The normalized spacial score (nSPS) is 23.3. The van der Waals surface area contributed by atoms with Crippen LogP contribution in [0.2, 0.25) is 0 Å². The number of carbonyl (C=O) groups is 2. The van der Waals surface area contributed by atoms with Gasteiger partial charge in [0.1, 0.15) is 6.10 Å². The van der Waals surface area contributed by atoms with Gasteiger partial charge < -0.3 is 9.47 Å². The summed E-state index contributed by atoms with van der Waals surface area (Å²) in [5.41, 5.74) is 11.2. The van der Waals surface area contributed by atoms with Crippen molar-refractivity contribution in [1.29, 1.82) is 0 Å². The van der Waals surface area contributed by atoms with Gasteiger partial charge in [-0.1, -0.05) is 152 Å². The quantitative estimate of drug-likeness (QED) is 0.121. The Labute approximate surface area is 331 Å². The van der Waals surface area contributed by atoms with Gasteiger partial charge >= 0.3 is 11.9 Å². The number of hydrogen-bond acceptors (Lipinski definition) is 4. The number of hydrogen-bond donors (Lipinski definition) is 0. The molecule has 4 heteroatoms. The van der Waals surface area contributed by atoms with Crippen LogP contribution in [0.25, 0.3) is 32.3 Å². The van der Waals surface area contributed by atoms with E-state index in [1.165, 1.54) is 76.8 Å². The van der Waals surface area contributed by atoms with E-state index >= 15 is 0 Å². The lowest BCUT2D eigenvalue weighted by molar-refractivity contribution is -0.153. The molecular weight excluding hydrogens is 701 g/mol. The molecule has 4 bridgehead atoms. The van der Waals surface area contributed by atoms with Crippen molar-refractivity contribution in [3.8, 4) is 0 Å². The van der Waals surface area contributed by atoms with Crippen LogP contribution in [0.4, 0.5) is 0 Å². The Kier molecular flexibility index (Phi) is 7.00. The summed E-state index contributed by atoms with van der Waals surface area (Å²) in [6.07, 6.45) is 1.55. The Morgan fingerprint density at radius 3 is 1.49 bits per heavy atom. The molecule has 1 fully saturated rings. The summed E-state index contributed by atoms with van der Waals surface area (Å²) in [5.74, 6) is -0.385. The summed E-state index contributed by atoms with van der Waals surface area (Å²) in [7, 11) is 0. The first-order chi connectivity index (χ1) is 28.1. The molecule has 7 aliphatic carbocycles. The fourth-order valence-corrected chi connectivity index (χ4v) is 12.3. The molecule has 276 valence electrons. The van der Waals surface area contributed by atoms with E-state index in [1.807, 2.05) is 0 Å². The van der Waals surface area contributed by atoms with E-state index in [2.05, 4.69) is 152 Å². The predicted octanol–water partition coefficient (Wildman–Crippen LogP) is 11.0. The molecule has 0 N–H and O–H groups in total. The number of esters is 2. The maximum atomic E-state index is 13.8. The van der Waals surface area contributed by atoms with Crippen LogP contribution < -0.4 is 0 Å². The molecular formula is C53H40O4. The van der Waals surface area contributed by atoms with Gasteiger partial charge in [0.05, 0.1) is 19.4 Å². The fraction of sp³-hybridized carbons (Fsp3) is 0.208. The molecule has 2 spiro atoms. The molecule has 7 aliphatic rings. The van der Waals surface area contributed by atoms with Gasteiger partial charge in [0.2, 0.25) is 0 Å². The maximum Gasteiger partial charge on any atom is 0.306 e. The Bertz CT molecular complexity index is 2740. The van der Waals surface area contributed by atoms with Gasteiger partial charge in [-0.3, -0.25) is 9.59 Å². The molecule has 0 heterocycles. The number of rotatable bonds is 7. The fourth-order valence-electron chi connectivity index (χ4n) is 12.3. The van der Waals surface area contributed by atoms with Crippen molar-refractivity contribution in [2.24, 2.45) is 0 Å². The van der Waals surface area contributed by atoms with E-state index < -0.39 is 10.8 Å². The van der Waals surface area contributed by atoms with Gasteiger partial charge in [-0.25, -0.2) is 0 Å². The van der Waals surface area contributed by atoms with Crippen LogP contribution in [-0.2, 0) is 36.3 Å². The lowest BCUT2D eigenvalue weighted by atomic mass is 9.42. The SMILES string of the molecule is O=C(CCC(=O)OC1CC23c4ccccc4C(c4ccccc42)C2c4ccccc4C3(C1)c1ccccc12)OCCc1ccc2ccc3cccc4ccc1c2c34. The zero-order valence-corrected chi connectivity index (χ0v) is 31.5. The van der Waals surface area contributed by atoms with E-state index in [0.717, 1.165) is 5.56 Å². The highest BCUT2D eigenvalue weighted by Crippen LogP contribution is 2.73. The van der Waals surface area contributed by atoms with Crippen LogP contribution in [0.1, 0.15) is 87.6 Å². The van der Waals surface area contributed by atoms with E-state index in [9.17, 15) is 9.59 Å². The van der Waals surface area contributed by atoms with Crippen LogP contribution in [0, 0.1) is 0 Å². The smallest absolute Gasteiger partial charge is 0.306 e. The molecule has 0 aromatic heterocycles. The molecule has 57 heavy (non-hydrogen) atoms. The van der Waals surface area contributed by atoms with Crippen LogP contribution in [0.15, 0.2) is 152 Å². The van der Waals surface area contributed by atoms with Crippen LogP contribution in [0.3, 0.4) is 0 Å². The summed E-state index contributed by atoms with van der Waals surface area (Å²) in [6, 6.07) is 55.6. The van der Waals surface area contributed by atoms with Gasteiger partial charge in [0, 0.05) is 29.1 Å². The highest BCUT2D eigenvalue weighted by Gasteiger charge is 2.69. The van der Waals surface area contributed by atoms with Crippen LogP contribution >= 0.6 is 0 Å². The number of carbonyl (C=O) groups excluding carboxylic acids is 2. The Morgan fingerprint density at radius 2 is 0.947 bits per heavy atom. The third kappa shape index (κ3) is 4.39. The molecule has 0 unspecified atom stereocenters. The van der Waals surface area contributed by atoms with Crippen LogP contribution in [0.5, 0.6) is 0 Å². The van der Waals surface area contributed by atoms with Crippen molar-refractivity contribution in [1.82, 2.24) is 0 Å². The average Bonchev–Trinajstić information content (AvgIpc) is 3.56. The molecule has 1 saturated carbocycles. The molecule has 0 radical (unpaired) electrons. The Balaban J connectivity index is 0.822. The van der Waals surface area contributed by atoms with Crippen molar-refractivity contribution >= 4 is 44.3 Å². The lowest BCUT2D eigenvalue weighted by Crippen LogP contribution is -2.55. The minimum absolute atomic E-state index is 0.0129. The summed E-state index contributed by atoms with van der Waals surface area (Å²) < 4.78 is 12.3. The van der Waals surface area contributed by atoms with E-state index in [-0.39, 0.29) is 49.3 Å². The van der Waals surface area contributed by atoms with Gasteiger partial charge in [-0.15, -0.1) is 0 Å². The first-order valence-electron chi connectivity index (χ1n) is 20.4. The first-order valence-corrected chi connectivity index (χ1v) is 20.4. The third-order valence-electron chi connectivity index (χ3n) is 14.2. The standard InChI is InChI=1S/C53H40O4/c54-46(56-29-28-32-20-21-35-23-22-33-10-9-11-34-24-25-37(32)49(35)48(33)34)26-27-47(55)57-36-30-52-42-16-5-1-12-38(42)50(39-13-2-6-17-43(39)52)51-40-14-3-7-18-44(40)53(52,31-36)45-19-8-4-15-41(45)51/h1-25,36,50-51H,26-31H2. The molecule has 0 saturated heterocycles. The third-order valence-corrected chi connectivity index (χ3v) is 14.2. The van der Waals surface area contributed by atoms with E-state index in [1.54, 1.807) is 0 Å². The van der Waals surface area contributed by atoms with Crippen LogP contribution in [-0.4, -0.2) is 24.6 Å². The summed E-state index contributed by atoms with van der Waals surface area (Å²) in [5, 5.41) is 7.39. The van der Waals surface area contributed by atoms with E-state index in [0.29, 0.717) is 19.3 Å². The molecule has 15 rings (SSSR count). The Morgan fingerprint density at radius 1 is 0.491 bits per heavy atom. The van der Waals surface area contributed by atoms with Gasteiger partial charge in [0.25, 0.3) is 0 Å². The second kappa shape index (κ2) is 12.1. The minimum Gasteiger partial charge on any atom is -0.465 e. The summed E-state index contributed by atoms with van der Waals surface area (Å²) in [6.45, 7) is 0.255. The number of ether oxygens (including phenoxy) is 2. The zero-order chi connectivity index (χ0) is 37.9. The van der Waals surface area contributed by atoms with Crippen molar-refractivity contribution in [2.45, 2.75) is 60.9 Å². The van der Waals surface area contributed by atoms with Gasteiger partial charge in [0.15, 0.2) is 0 Å². The predicted molar refractivity (Wildman–Crippen MR) is 224 cm³/mol. The summed E-state index contributed by atoms with van der Waals surface area (Å²) in [4.78, 5) is 26.9. The summed E-state index contributed by atoms with van der Waals surface area (Å²) >= 11 is 0. The second-order valence-electron chi connectivity index (χ2n) is 16.7. The highest BCUT2D eigenvalue weighted by molar-refractivity contribution is 6.23. The molecule has 0 aliphatic heterocycles. The van der Waals surface area contributed by atoms with Gasteiger partial charge in [-0.2, -0.15) is 0 Å². The first kappa shape index (κ1) is 32.9. The second-order valence-corrected chi connectivity index (χ2v) is 16.7. The maximum absolute atomic E-state index is 13.8. The zero-order valence-electron chi connectivity index (χ0n) is 31.5. The van der Waals surface area contributed by atoms with E-state index in [4.69, 9.17) is 9.47 Å². The number of benzene rings is 8. The highest BCUT2D eigenvalue weighted by atomic mass is 16.5. The molecule has 0 atom stereocenters. The largest absolute Gasteiger partial charge is 0.465 e. The van der Waals surface area contributed by atoms with Crippen molar-refractivity contribution < 1.29 is 19.1 Å². The van der Waals surface area contributed by atoms with Gasteiger partial charge in [-0.05, 0) is 95.2 Å². The Hall–Kier alpha value is -6.26. The molecule has 4 nitrogen and oxygen atoms in total. The monoisotopic (exact) mass is 740 g/mol. The van der Waals surface area contributed by atoms with Crippen molar-refractivity contribution in [3.63, 3.8) is 0 Å². The molecule has 8 aromatic rings. The van der Waals surface area contributed by atoms with Crippen molar-refractivity contribution in [3.05, 3.63) is 202 Å². The van der Waals surface area contributed by atoms with Crippen molar-refractivity contribution in [2.75, 3.05) is 6.61 Å². The average molecular weight is 741 g/mol. The minimum atomic E-state index is -0.455. The lowest BCUT2D eigenvalue weighted by Gasteiger charge is -2.60. The molecule has 8 aromatic carbocycles.